The average Bonchev–Trinajstić information content (AvgIpc) is 3.13. The molecule has 2 aromatic rings. The Labute approximate surface area is 172 Å². The number of phosphoric ester groups is 1. The predicted octanol–water partition coefficient (Wildman–Crippen LogP) is -1.66. The first kappa shape index (κ1) is 24.3. The van der Waals surface area contributed by atoms with Gasteiger partial charge in [0, 0.05) is 0 Å². The summed E-state index contributed by atoms with van der Waals surface area (Å²) in [7, 11) is -16.0. The summed E-state index contributed by atoms with van der Waals surface area (Å²) in [5.41, 5.74) is 10.5. The number of aliphatic hydroxyl groups excluding tert-OH is 2. The topological polar surface area (TPSA) is 285 Å². The molecule has 0 amide bonds. The van der Waals surface area contributed by atoms with E-state index in [4.69, 9.17) is 15.4 Å². The zero-order chi connectivity index (χ0) is 23.2. The van der Waals surface area contributed by atoms with Gasteiger partial charge >= 0.3 is 23.4 Å². The maximum absolute atomic E-state index is 11.8. The molecule has 0 aliphatic carbocycles. The van der Waals surface area contributed by atoms with Crippen molar-refractivity contribution in [1.82, 2.24) is 19.5 Å². The summed E-state index contributed by atoms with van der Waals surface area (Å²) in [5.74, 6) is 0.0515. The van der Waals surface area contributed by atoms with Crippen molar-refractivity contribution in [2.24, 2.45) is 5.50 Å². The van der Waals surface area contributed by atoms with Crippen LogP contribution in [0.2, 0.25) is 0 Å². The van der Waals surface area contributed by atoms with E-state index in [0.29, 0.717) is 0 Å². The van der Waals surface area contributed by atoms with Crippen LogP contribution in [0.3, 0.4) is 0 Å². The molecular formula is C10H17N6O12P3. The highest BCUT2D eigenvalue weighted by molar-refractivity contribution is 7.67. The summed E-state index contributed by atoms with van der Waals surface area (Å²) >= 11 is 0. The predicted molar refractivity (Wildman–Crippen MR) is 97.4 cm³/mol. The number of nitrogens with two attached hydrogens (primary N) is 2. The van der Waals surface area contributed by atoms with Crippen LogP contribution >= 0.6 is 23.4 Å². The van der Waals surface area contributed by atoms with E-state index in [9.17, 15) is 33.7 Å². The van der Waals surface area contributed by atoms with Crippen molar-refractivity contribution < 1.29 is 56.5 Å². The highest BCUT2D eigenvalue weighted by Gasteiger charge is 2.46. The molecule has 0 radical (unpaired) electrons. The number of nitrogen functional groups attached to an aromatic ring is 1. The van der Waals surface area contributed by atoms with Gasteiger partial charge < -0.3 is 35.4 Å². The maximum Gasteiger partial charge on any atom is 0.489 e. The van der Waals surface area contributed by atoms with E-state index < -0.39 is 54.5 Å². The van der Waals surface area contributed by atoms with E-state index >= 15 is 0 Å². The number of nitrogens with zero attached hydrogens (tertiary/aromatic N) is 4. The van der Waals surface area contributed by atoms with Gasteiger partial charge in [-0.1, -0.05) is 0 Å². The van der Waals surface area contributed by atoms with E-state index in [1.54, 1.807) is 0 Å². The second kappa shape index (κ2) is 8.53. The highest BCUT2D eigenvalue weighted by atomic mass is 31.3. The van der Waals surface area contributed by atoms with Gasteiger partial charge in [0.2, 0.25) is 0 Å². The van der Waals surface area contributed by atoms with Crippen LogP contribution in [0.4, 0.5) is 5.82 Å². The molecule has 1 fully saturated rings. The summed E-state index contributed by atoms with van der Waals surface area (Å²) in [4.78, 5) is 39.1. The molecule has 18 nitrogen and oxygen atoms in total. The highest BCUT2D eigenvalue weighted by Crippen LogP contribution is 2.65. The largest absolute Gasteiger partial charge is 0.489 e. The number of ether oxygens (including phenoxy) is 1. The molecule has 174 valence electrons. The lowest BCUT2D eigenvalue weighted by Gasteiger charge is -2.19. The van der Waals surface area contributed by atoms with E-state index in [1.165, 1.54) is 10.9 Å². The van der Waals surface area contributed by atoms with Gasteiger partial charge in [-0.05, 0) is 0 Å². The molecule has 31 heavy (non-hydrogen) atoms. The molecule has 0 bridgehead atoms. The Morgan fingerprint density at radius 3 is 2.39 bits per heavy atom. The molecule has 2 aromatic heterocycles. The molecule has 9 N–H and O–H groups in total. The second-order valence-corrected chi connectivity index (χ2v) is 10.7. The second-order valence-electron chi connectivity index (χ2n) is 6.09. The van der Waals surface area contributed by atoms with Crippen molar-refractivity contribution in [3.63, 3.8) is 0 Å². The Bertz CT molecular complexity index is 1110. The number of hydrogen-bond acceptors (Lipinski definition) is 13. The Morgan fingerprint density at radius 1 is 1.06 bits per heavy atom. The first-order valence-electron chi connectivity index (χ1n) is 7.98. The van der Waals surface area contributed by atoms with Gasteiger partial charge in [-0.3, -0.25) is 9.09 Å². The third-order valence-electron chi connectivity index (χ3n) is 3.83. The number of rotatable bonds is 8. The molecule has 7 atom stereocenters. The summed E-state index contributed by atoms with van der Waals surface area (Å²) < 4.78 is 52.6. The first-order chi connectivity index (χ1) is 14.2. The fourth-order valence-electron chi connectivity index (χ4n) is 2.64. The number of aromatic nitrogens is 4. The third-order valence-corrected chi connectivity index (χ3v) is 7.71. The fraction of sp³-hybridized carbons (Fsp3) is 0.500. The molecular weight excluding hydrogens is 489 g/mol. The van der Waals surface area contributed by atoms with Crippen molar-refractivity contribution in [1.29, 1.82) is 0 Å². The molecule has 0 spiro atoms. The number of fused-ring (bicyclic) bond motifs is 1. The van der Waals surface area contributed by atoms with E-state index in [-0.39, 0.29) is 17.0 Å². The molecule has 0 saturated carbocycles. The lowest BCUT2D eigenvalue weighted by molar-refractivity contribution is -0.0503. The molecule has 0 aromatic carbocycles. The van der Waals surface area contributed by atoms with Crippen LogP contribution in [0.25, 0.3) is 11.2 Å². The summed E-state index contributed by atoms with van der Waals surface area (Å²) in [5, 5.41) is 20.4. The maximum atomic E-state index is 11.8. The minimum atomic E-state index is -5.58. The molecule has 21 heteroatoms. The quantitative estimate of drug-likeness (QED) is 0.197. The van der Waals surface area contributed by atoms with Gasteiger partial charge in [0.05, 0.1) is 12.9 Å². The molecule has 1 aliphatic rings. The molecule has 4 unspecified atom stereocenters. The monoisotopic (exact) mass is 506 g/mol. The van der Waals surface area contributed by atoms with Crippen LogP contribution in [0.5, 0.6) is 0 Å². The van der Waals surface area contributed by atoms with Crippen LogP contribution in [0.1, 0.15) is 6.23 Å². The summed E-state index contributed by atoms with van der Waals surface area (Å²) in [6.45, 7) is -0.925. The van der Waals surface area contributed by atoms with Gasteiger partial charge in [-0.25, -0.2) is 34.2 Å². The molecule has 1 aliphatic heterocycles. The first-order valence-corrected chi connectivity index (χ1v) is 12.6. The van der Waals surface area contributed by atoms with Crippen LogP contribution in [0, 0.1) is 0 Å². The summed E-state index contributed by atoms with van der Waals surface area (Å²) in [6.07, 6.45) is -3.59. The van der Waals surface area contributed by atoms with Crippen molar-refractivity contribution >= 4 is 40.4 Å². The van der Waals surface area contributed by atoms with Crippen LogP contribution in [-0.4, -0.2) is 69.3 Å². The minimum Gasteiger partial charge on any atom is -0.387 e. The molecule has 3 rings (SSSR count). The van der Waals surface area contributed by atoms with Gasteiger partial charge in [0.15, 0.2) is 17.7 Å². The van der Waals surface area contributed by atoms with E-state index in [1.807, 2.05) is 0 Å². The minimum absolute atomic E-state index is 0.0515. The van der Waals surface area contributed by atoms with Crippen molar-refractivity contribution in [2.45, 2.75) is 24.5 Å². The van der Waals surface area contributed by atoms with Crippen molar-refractivity contribution in [3.8, 4) is 0 Å². The van der Waals surface area contributed by atoms with E-state index in [2.05, 4.69) is 33.6 Å². The lowest BCUT2D eigenvalue weighted by Crippen LogP contribution is -2.33. The Hall–Kier alpha value is -1.36. The number of aliphatic hydroxyl groups is 2. The normalized spacial score (nSPS) is 30.0. The SMILES string of the molecule is Nc1ncnc2c1ncn2C1O[C@H](COP(=O)(O)OP(=O)(O)OP(N)(=O)O)[C@@H](O)[C@H]1O. The van der Waals surface area contributed by atoms with E-state index in [0.717, 1.165) is 6.33 Å². The van der Waals surface area contributed by atoms with Gasteiger partial charge in [0.25, 0.3) is 0 Å². The van der Waals surface area contributed by atoms with Crippen LogP contribution in [0.15, 0.2) is 12.7 Å². The number of imidazole rings is 1. The average molecular weight is 506 g/mol. The standard InChI is InChI=1S/C10H17N6O12P3/c11-8-5-9(14-2-13-8)16(3-15-5)10-7(18)6(17)4(26-10)1-25-30(21,22)28-31(23,24)27-29(12,19)20/h2-4,6-7,10,17-18H,1H2,(H,21,22)(H,23,24)(H2,11,13,14)(H3,12,19,20)/t4-,6-,7-,10?/m1/s1. The van der Waals surface area contributed by atoms with Gasteiger partial charge in [-0.2, -0.15) is 8.62 Å². The van der Waals surface area contributed by atoms with Crippen LogP contribution in [-0.2, 0) is 31.6 Å². The fourth-order valence-corrected chi connectivity index (χ4v) is 5.77. The Kier molecular flexibility index (Phi) is 6.68. The zero-order valence-electron chi connectivity index (χ0n) is 15.1. The van der Waals surface area contributed by atoms with Crippen molar-refractivity contribution in [2.75, 3.05) is 12.3 Å². The zero-order valence-corrected chi connectivity index (χ0v) is 17.7. The number of phosphoric acid groups is 2. The lowest BCUT2D eigenvalue weighted by atomic mass is 10.1. The number of anilines is 1. The Balaban J connectivity index is 1.69. The third kappa shape index (κ3) is 5.71. The van der Waals surface area contributed by atoms with Gasteiger partial charge in [0.1, 0.15) is 30.2 Å². The summed E-state index contributed by atoms with van der Waals surface area (Å²) in [6, 6.07) is 0. The van der Waals surface area contributed by atoms with Crippen LogP contribution < -0.4 is 11.2 Å². The Morgan fingerprint density at radius 2 is 1.74 bits per heavy atom. The molecule has 1 saturated heterocycles. The number of hydrogen-bond donors (Lipinski definition) is 7. The molecule has 3 heterocycles. The van der Waals surface area contributed by atoms with Gasteiger partial charge in [-0.15, -0.1) is 0 Å². The smallest absolute Gasteiger partial charge is 0.387 e. The van der Waals surface area contributed by atoms with Crippen molar-refractivity contribution in [3.05, 3.63) is 12.7 Å².